The van der Waals surface area contributed by atoms with Crippen LogP contribution >= 0.6 is 35.0 Å². The predicted molar refractivity (Wildman–Crippen MR) is 137 cm³/mol. The molecule has 1 heterocycles. The van der Waals surface area contributed by atoms with Crippen molar-refractivity contribution in [2.24, 2.45) is 5.92 Å². The van der Waals surface area contributed by atoms with Crippen molar-refractivity contribution in [1.29, 1.82) is 0 Å². The monoisotopic (exact) mass is 520 g/mol. The highest BCUT2D eigenvalue weighted by molar-refractivity contribution is 7.99. The molecule has 3 rings (SSSR count). The van der Waals surface area contributed by atoms with Crippen LogP contribution in [0.15, 0.2) is 41.6 Å². The molecule has 0 unspecified atom stereocenters. The van der Waals surface area contributed by atoms with Crippen LogP contribution in [0.1, 0.15) is 40.2 Å². The van der Waals surface area contributed by atoms with Crippen molar-refractivity contribution in [3.63, 3.8) is 0 Å². The first-order valence-electron chi connectivity index (χ1n) is 10.6. The highest BCUT2D eigenvalue weighted by atomic mass is 35.5. The number of rotatable bonds is 7. The van der Waals surface area contributed by atoms with Crippen molar-refractivity contribution in [3.05, 3.63) is 52.0 Å². The van der Waals surface area contributed by atoms with E-state index in [1.54, 1.807) is 32.0 Å². The molecule has 8 nitrogen and oxygen atoms in total. The summed E-state index contributed by atoms with van der Waals surface area (Å²) in [6.07, 6.45) is 0. The predicted octanol–water partition coefficient (Wildman–Crippen LogP) is 5.59. The quantitative estimate of drug-likeness (QED) is 0.393. The van der Waals surface area contributed by atoms with Gasteiger partial charge in [0.1, 0.15) is 0 Å². The maximum absolute atomic E-state index is 12.5. The second-order valence-corrected chi connectivity index (χ2v) is 10.7. The number of hydrogen-bond acceptors (Lipinski definition) is 6. The van der Waals surface area contributed by atoms with Crippen molar-refractivity contribution in [1.82, 2.24) is 20.2 Å². The summed E-state index contributed by atoms with van der Waals surface area (Å²) in [6.45, 7) is 9.92. The third-order valence-electron chi connectivity index (χ3n) is 4.85. The van der Waals surface area contributed by atoms with Crippen molar-refractivity contribution < 1.29 is 9.59 Å². The highest BCUT2D eigenvalue weighted by Crippen LogP contribution is 2.31. The lowest BCUT2D eigenvalue weighted by Gasteiger charge is -2.20. The van der Waals surface area contributed by atoms with Crippen molar-refractivity contribution in [2.75, 3.05) is 16.4 Å². The Morgan fingerprint density at radius 3 is 2.41 bits per heavy atom. The zero-order chi connectivity index (χ0) is 25.0. The number of tetrazole rings is 1. The minimum absolute atomic E-state index is 0.0437. The van der Waals surface area contributed by atoms with E-state index in [2.05, 4.69) is 46.9 Å². The molecule has 0 spiro atoms. The molecule has 2 amide bonds. The molecular weight excluding hydrogens is 495 g/mol. The highest BCUT2D eigenvalue weighted by Gasteiger charge is 2.19. The zero-order valence-electron chi connectivity index (χ0n) is 19.5. The number of carbonyl (C=O) groups is 2. The summed E-state index contributed by atoms with van der Waals surface area (Å²) in [7, 11) is 0. The zero-order valence-corrected chi connectivity index (χ0v) is 21.8. The van der Waals surface area contributed by atoms with E-state index in [1.807, 2.05) is 18.2 Å². The summed E-state index contributed by atoms with van der Waals surface area (Å²) in [5.74, 6) is -0.497. The summed E-state index contributed by atoms with van der Waals surface area (Å²) in [5, 5.41) is 18.6. The fourth-order valence-corrected chi connectivity index (χ4v) is 4.03. The lowest BCUT2D eigenvalue weighted by Crippen LogP contribution is -2.18. The minimum atomic E-state index is -0.283. The van der Waals surface area contributed by atoms with E-state index in [1.165, 1.54) is 16.4 Å². The Morgan fingerprint density at radius 2 is 1.79 bits per heavy atom. The van der Waals surface area contributed by atoms with Crippen molar-refractivity contribution in [3.8, 4) is 5.69 Å². The molecule has 0 aliphatic rings. The summed E-state index contributed by atoms with van der Waals surface area (Å²) >= 11 is 14.0. The Bertz CT molecular complexity index is 1210. The average molecular weight is 521 g/mol. The Balaban J connectivity index is 1.65. The van der Waals surface area contributed by atoms with E-state index in [0.717, 1.165) is 5.56 Å². The third-order valence-corrected chi connectivity index (χ3v) is 6.38. The van der Waals surface area contributed by atoms with Gasteiger partial charge >= 0.3 is 0 Å². The number of amides is 2. The molecule has 3 aromatic rings. The molecule has 180 valence electrons. The number of nitrogens with one attached hydrogen (secondary N) is 2. The summed E-state index contributed by atoms with van der Waals surface area (Å²) in [6, 6.07) is 10.7. The summed E-state index contributed by atoms with van der Waals surface area (Å²) in [5.41, 5.74) is 2.68. The molecule has 0 saturated carbocycles. The van der Waals surface area contributed by atoms with Crippen LogP contribution in [0, 0.1) is 5.92 Å². The first kappa shape index (κ1) is 26.0. The minimum Gasteiger partial charge on any atom is -0.326 e. The second-order valence-electron chi connectivity index (χ2n) is 8.96. The van der Waals surface area contributed by atoms with Crippen molar-refractivity contribution in [2.45, 2.75) is 45.2 Å². The van der Waals surface area contributed by atoms with Crippen LogP contribution in [0.3, 0.4) is 0 Å². The normalized spacial score (nSPS) is 11.5. The molecule has 0 atom stereocenters. The van der Waals surface area contributed by atoms with Crippen LogP contribution < -0.4 is 10.6 Å². The van der Waals surface area contributed by atoms with E-state index < -0.39 is 0 Å². The maximum Gasteiger partial charge on any atom is 0.234 e. The largest absolute Gasteiger partial charge is 0.326 e. The van der Waals surface area contributed by atoms with E-state index in [-0.39, 0.29) is 28.9 Å². The van der Waals surface area contributed by atoms with Gasteiger partial charge < -0.3 is 10.6 Å². The van der Waals surface area contributed by atoms with Gasteiger partial charge in [0.05, 0.1) is 27.2 Å². The molecule has 34 heavy (non-hydrogen) atoms. The molecule has 11 heteroatoms. The van der Waals surface area contributed by atoms with E-state index in [4.69, 9.17) is 23.2 Å². The number of anilines is 2. The van der Waals surface area contributed by atoms with Gasteiger partial charge in [-0.1, -0.05) is 75.6 Å². The molecule has 0 fully saturated rings. The van der Waals surface area contributed by atoms with Gasteiger partial charge in [-0.2, -0.15) is 4.68 Å². The van der Waals surface area contributed by atoms with Gasteiger partial charge in [0.2, 0.25) is 17.0 Å². The smallest absolute Gasteiger partial charge is 0.234 e. The Labute approximate surface area is 212 Å². The number of nitrogens with zero attached hydrogens (tertiary/aromatic N) is 4. The number of aromatic nitrogens is 4. The fraction of sp³-hybridized carbons (Fsp3) is 0.348. The molecule has 0 aliphatic carbocycles. The van der Waals surface area contributed by atoms with Gasteiger partial charge in [0.25, 0.3) is 0 Å². The molecule has 0 bridgehead atoms. The Hall–Kier alpha value is -2.62. The number of thioether (sulfide) groups is 1. The topological polar surface area (TPSA) is 102 Å². The molecule has 2 aromatic carbocycles. The fourth-order valence-electron chi connectivity index (χ4n) is 2.86. The van der Waals surface area contributed by atoms with Crippen LogP contribution in [0.4, 0.5) is 11.4 Å². The first-order valence-corrected chi connectivity index (χ1v) is 12.3. The SMILES string of the molecule is CC(C)C(=O)Nc1ccc(NC(=O)CSc2nnnn2-c2ccc(C(C)(C)C)cc2Cl)c(Cl)c1. The number of carbonyl (C=O) groups excluding carboxylic acids is 2. The van der Waals surface area contributed by atoms with Crippen LogP contribution in [0.2, 0.25) is 10.0 Å². The van der Waals surface area contributed by atoms with Crippen LogP contribution in [0.5, 0.6) is 0 Å². The van der Waals surface area contributed by atoms with Gasteiger partial charge in [-0.3, -0.25) is 9.59 Å². The van der Waals surface area contributed by atoms with Gasteiger partial charge in [-0.25, -0.2) is 0 Å². The van der Waals surface area contributed by atoms with Crippen LogP contribution in [-0.4, -0.2) is 37.8 Å². The van der Waals surface area contributed by atoms with Gasteiger partial charge in [-0.05, 0) is 51.7 Å². The molecular formula is C23H26Cl2N6O2S. The van der Waals surface area contributed by atoms with Crippen molar-refractivity contribution >= 4 is 58.2 Å². The Morgan fingerprint density at radius 1 is 1.06 bits per heavy atom. The molecule has 0 radical (unpaired) electrons. The number of halogens is 2. The summed E-state index contributed by atoms with van der Waals surface area (Å²) < 4.78 is 1.51. The van der Waals surface area contributed by atoms with Gasteiger partial charge in [0, 0.05) is 11.6 Å². The standard InChI is InChI=1S/C23H26Cl2N6O2S/c1-13(2)21(33)26-15-7-8-18(16(24)11-15)27-20(32)12-34-22-28-29-30-31(22)19-9-6-14(10-17(19)25)23(3,4)5/h6-11,13H,12H2,1-5H3,(H,26,33)(H,27,32). The number of hydrogen-bond donors (Lipinski definition) is 2. The second kappa shape index (κ2) is 10.8. The van der Waals surface area contributed by atoms with E-state index >= 15 is 0 Å². The first-order chi connectivity index (χ1) is 16.0. The summed E-state index contributed by atoms with van der Waals surface area (Å²) in [4.78, 5) is 24.4. The van der Waals surface area contributed by atoms with Gasteiger partial charge in [-0.15, -0.1) is 5.10 Å². The molecule has 0 aliphatic heterocycles. The molecule has 2 N–H and O–H groups in total. The molecule has 0 saturated heterocycles. The lowest BCUT2D eigenvalue weighted by molar-refractivity contribution is -0.119. The number of benzene rings is 2. The van der Waals surface area contributed by atoms with E-state index in [9.17, 15) is 9.59 Å². The third kappa shape index (κ3) is 6.49. The Kier molecular flexibility index (Phi) is 8.22. The lowest BCUT2D eigenvalue weighted by atomic mass is 9.87. The van der Waals surface area contributed by atoms with E-state index in [0.29, 0.717) is 32.3 Å². The molecule has 1 aromatic heterocycles. The van der Waals surface area contributed by atoms with Crippen LogP contribution in [0.25, 0.3) is 5.69 Å². The average Bonchev–Trinajstić information content (AvgIpc) is 3.21. The van der Waals surface area contributed by atoms with Crippen LogP contribution in [-0.2, 0) is 15.0 Å². The van der Waals surface area contributed by atoms with Gasteiger partial charge in [0.15, 0.2) is 0 Å². The maximum atomic E-state index is 12.5.